The van der Waals surface area contributed by atoms with Gasteiger partial charge in [-0.3, -0.25) is 10.1 Å². The van der Waals surface area contributed by atoms with Crippen molar-refractivity contribution in [2.75, 3.05) is 27.2 Å². The van der Waals surface area contributed by atoms with Gasteiger partial charge < -0.3 is 9.80 Å². The quantitative estimate of drug-likeness (QED) is 0.809. The molecule has 2 unspecified atom stereocenters. The summed E-state index contributed by atoms with van der Waals surface area (Å²) in [5.41, 5.74) is 0. The van der Waals surface area contributed by atoms with E-state index in [1.807, 2.05) is 17.9 Å². The van der Waals surface area contributed by atoms with Gasteiger partial charge in [-0.25, -0.2) is 0 Å². The molecule has 0 bridgehead atoms. The average molecular weight is 281 g/mol. The van der Waals surface area contributed by atoms with Gasteiger partial charge in [0.15, 0.2) is 0 Å². The molecule has 1 amide bonds. The maximum absolute atomic E-state index is 12.2. The molecule has 1 aromatic heterocycles. The van der Waals surface area contributed by atoms with Crippen molar-refractivity contribution in [2.24, 2.45) is 0 Å². The summed E-state index contributed by atoms with van der Waals surface area (Å²) in [5.74, 6) is 0.225. The number of hydrogen-bond acceptors (Lipinski definition) is 4. The van der Waals surface area contributed by atoms with Crippen molar-refractivity contribution in [3.8, 4) is 0 Å². The fourth-order valence-electron chi connectivity index (χ4n) is 2.41. The highest BCUT2D eigenvalue weighted by atomic mass is 32.1. The zero-order valence-electron chi connectivity index (χ0n) is 11.9. The van der Waals surface area contributed by atoms with Crippen molar-refractivity contribution < 1.29 is 4.79 Å². The molecule has 4 nitrogen and oxygen atoms in total. The number of carbonyl (C=O) groups is 1. The van der Waals surface area contributed by atoms with E-state index in [-0.39, 0.29) is 18.1 Å². The first-order valence-electron chi connectivity index (χ1n) is 6.84. The smallest absolute Gasteiger partial charge is 0.241 e. The number of nitrogens with zero attached hydrogens (tertiary/aromatic N) is 2. The van der Waals surface area contributed by atoms with Gasteiger partial charge in [0, 0.05) is 11.4 Å². The second kappa shape index (κ2) is 6.50. The van der Waals surface area contributed by atoms with Crippen LogP contribution < -0.4 is 5.32 Å². The number of rotatable bonds is 6. The van der Waals surface area contributed by atoms with Crippen molar-refractivity contribution in [3.63, 3.8) is 0 Å². The molecule has 1 aromatic rings. The third kappa shape index (κ3) is 3.55. The molecule has 5 heteroatoms. The Morgan fingerprint density at radius 2 is 2.21 bits per heavy atom. The second-order valence-corrected chi connectivity index (χ2v) is 6.33. The highest BCUT2D eigenvalue weighted by Crippen LogP contribution is 2.28. The Morgan fingerprint density at radius 3 is 2.84 bits per heavy atom. The first-order valence-corrected chi connectivity index (χ1v) is 7.72. The van der Waals surface area contributed by atoms with E-state index in [0.717, 1.165) is 25.9 Å². The van der Waals surface area contributed by atoms with E-state index in [2.05, 4.69) is 35.8 Å². The Morgan fingerprint density at radius 1 is 1.42 bits per heavy atom. The van der Waals surface area contributed by atoms with Crippen LogP contribution in [0.4, 0.5) is 0 Å². The van der Waals surface area contributed by atoms with Gasteiger partial charge in [-0.1, -0.05) is 6.07 Å². The van der Waals surface area contributed by atoms with Crippen LogP contribution in [0.25, 0.3) is 0 Å². The molecule has 2 rings (SSSR count). The fraction of sp³-hybridized carbons (Fsp3) is 0.643. The molecule has 19 heavy (non-hydrogen) atoms. The minimum absolute atomic E-state index is 0.0686. The van der Waals surface area contributed by atoms with Gasteiger partial charge in [-0.05, 0) is 51.9 Å². The predicted molar refractivity (Wildman–Crippen MR) is 79.2 cm³/mol. The van der Waals surface area contributed by atoms with Gasteiger partial charge in [0.05, 0.1) is 6.04 Å². The summed E-state index contributed by atoms with van der Waals surface area (Å²) in [6.07, 6.45) is 2.25. The number of carbonyl (C=O) groups excluding carboxylic acids is 1. The van der Waals surface area contributed by atoms with Crippen LogP contribution in [0.5, 0.6) is 0 Å². The molecule has 0 radical (unpaired) electrons. The van der Waals surface area contributed by atoms with Gasteiger partial charge in [-0.15, -0.1) is 11.3 Å². The Balaban J connectivity index is 1.93. The SMILES string of the molecule is CC1NC(c2cccs2)N(CCCCN(C)C)C1=O. The molecule has 106 valence electrons. The van der Waals surface area contributed by atoms with Crippen LogP contribution in [0.1, 0.15) is 30.8 Å². The topological polar surface area (TPSA) is 35.6 Å². The number of hydrogen-bond donors (Lipinski definition) is 1. The van der Waals surface area contributed by atoms with Gasteiger partial charge in [0.2, 0.25) is 5.91 Å². The zero-order valence-corrected chi connectivity index (χ0v) is 12.7. The van der Waals surface area contributed by atoms with E-state index in [9.17, 15) is 4.79 Å². The van der Waals surface area contributed by atoms with Crippen molar-refractivity contribution in [2.45, 2.75) is 32.0 Å². The van der Waals surface area contributed by atoms with E-state index in [4.69, 9.17) is 0 Å². The first-order chi connectivity index (χ1) is 9.09. The molecule has 2 atom stereocenters. The van der Waals surface area contributed by atoms with Crippen molar-refractivity contribution in [1.29, 1.82) is 0 Å². The normalized spacial score (nSPS) is 23.6. The summed E-state index contributed by atoms with van der Waals surface area (Å²) in [6.45, 7) is 3.87. The van der Waals surface area contributed by atoms with E-state index in [0.29, 0.717) is 0 Å². The van der Waals surface area contributed by atoms with Crippen LogP contribution in [0, 0.1) is 0 Å². The molecule has 0 spiro atoms. The van der Waals surface area contributed by atoms with Gasteiger partial charge in [0.25, 0.3) is 0 Å². The molecule has 0 aliphatic carbocycles. The van der Waals surface area contributed by atoms with Crippen LogP contribution in [0.3, 0.4) is 0 Å². The lowest BCUT2D eigenvalue weighted by molar-refractivity contribution is -0.129. The molecule has 1 saturated heterocycles. The van der Waals surface area contributed by atoms with E-state index >= 15 is 0 Å². The molecule has 0 aromatic carbocycles. The summed E-state index contributed by atoms with van der Waals surface area (Å²) >= 11 is 1.71. The lowest BCUT2D eigenvalue weighted by Gasteiger charge is -2.23. The lowest BCUT2D eigenvalue weighted by atomic mass is 10.2. The summed E-state index contributed by atoms with van der Waals surface area (Å²) in [6, 6.07) is 4.07. The minimum atomic E-state index is -0.0686. The van der Waals surface area contributed by atoms with Crippen molar-refractivity contribution >= 4 is 17.2 Å². The van der Waals surface area contributed by atoms with Crippen molar-refractivity contribution in [1.82, 2.24) is 15.1 Å². The fourth-order valence-corrected chi connectivity index (χ4v) is 3.20. The molecular formula is C14H23N3OS. The highest BCUT2D eigenvalue weighted by molar-refractivity contribution is 7.10. The van der Waals surface area contributed by atoms with Crippen LogP contribution in [0.15, 0.2) is 17.5 Å². The van der Waals surface area contributed by atoms with Gasteiger partial charge in [0.1, 0.15) is 6.17 Å². The largest absolute Gasteiger partial charge is 0.321 e. The Bertz CT molecular complexity index is 405. The molecule has 2 heterocycles. The maximum atomic E-state index is 12.2. The van der Waals surface area contributed by atoms with Gasteiger partial charge >= 0.3 is 0 Å². The molecule has 1 aliphatic heterocycles. The second-order valence-electron chi connectivity index (χ2n) is 5.35. The third-order valence-corrected chi connectivity index (χ3v) is 4.36. The Kier molecular flexibility index (Phi) is 4.96. The first kappa shape index (κ1) is 14.5. The number of nitrogens with one attached hydrogen (secondary N) is 1. The predicted octanol–water partition coefficient (Wildman–Crippen LogP) is 1.91. The third-order valence-electron chi connectivity index (χ3n) is 3.44. The molecular weight excluding hydrogens is 258 g/mol. The molecule has 1 N–H and O–H groups in total. The van der Waals surface area contributed by atoms with Crippen LogP contribution in [-0.4, -0.2) is 48.9 Å². The Labute approximate surface area is 119 Å². The number of thiophene rings is 1. The monoisotopic (exact) mass is 281 g/mol. The van der Waals surface area contributed by atoms with Crippen LogP contribution in [0.2, 0.25) is 0 Å². The van der Waals surface area contributed by atoms with E-state index < -0.39 is 0 Å². The summed E-state index contributed by atoms with van der Waals surface area (Å²) in [5, 5.41) is 5.45. The lowest BCUT2D eigenvalue weighted by Crippen LogP contribution is -2.31. The average Bonchev–Trinajstić information content (AvgIpc) is 2.96. The standard InChI is InChI=1S/C14H23N3OS/c1-11-14(18)17(9-5-4-8-16(2)3)13(15-11)12-7-6-10-19-12/h6-7,10-11,13,15H,4-5,8-9H2,1-3H3. The minimum Gasteiger partial charge on any atom is -0.321 e. The van der Waals surface area contributed by atoms with E-state index in [1.54, 1.807) is 11.3 Å². The van der Waals surface area contributed by atoms with Crippen LogP contribution in [-0.2, 0) is 4.79 Å². The van der Waals surface area contributed by atoms with E-state index in [1.165, 1.54) is 4.88 Å². The molecule has 0 saturated carbocycles. The molecule has 1 fully saturated rings. The summed E-state index contributed by atoms with van der Waals surface area (Å²) < 4.78 is 0. The zero-order chi connectivity index (χ0) is 13.8. The highest BCUT2D eigenvalue weighted by Gasteiger charge is 2.36. The van der Waals surface area contributed by atoms with Crippen molar-refractivity contribution in [3.05, 3.63) is 22.4 Å². The van der Waals surface area contributed by atoms with Gasteiger partial charge in [-0.2, -0.15) is 0 Å². The maximum Gasteiger partial charge on any atom is 0.241 e. The van der Waals surface area contributed by atoms with Crippen LogP contribution >= 0.6 is 11.3 Å². The summed E-state index contributed by atoms with van der Waals surface area (Å²) in [4.78, 5) is 17.6. The summed E-state index contributed by atoms with van der Waals surface area (Å²) in [7, 11) is 4.16. The Hall–Kier alpha value is -0.910. The molecule has 1 aliphatic rings. The number of unbranched alkanes of at least 4 members (excludes halogenated alkanes) is 1. The number of amides is 1.